The second kappa shape index (κ2) is 9.87. The second-order valence-electron chi connectivity index (χ2n) is 7.40. The number of pyridine rings is 1. The first-order valence-electron chi connectivity index (χ1n) is 10.0. The molecular weight excluding hydrogens is 376 g/mol. The van der Waals surface area contributed by atoms with Crippen molar-refractivity contribution in [2.45, 2.75) is 33.0 Å². The minimum Gasteiger partial charge on any atom is -0.363 e. The zero-order chi connectivity index (χ0) is 21.5. The zero-order valence-electron chi connectivity index (χ0n) is 18.3. The number of aryl methyl sites for hydroxylation is 1. The van der Waals surface area contributed by atoms with E-state index >= 15 is 0 Å². The molecule has 8 nitrogen and oxygen atoms in total. The average molecular weight is 407 g/mol. The van der Waals surface area contributed by atoms with Crippen LogP contribution in [0.15, 0.2) is 53.5 Å². The zero-order valence-corrected chi connectivity index (χ0v) is 18.3. The Morgan fingerprint density at radius 3 is 2.53 bits per heavy atom. The maximum Gasteiger partial charge on any atom is 0.192 e. The van der Waals surface area contributed by atoms with Crippen LogP contribution in [0.5, 0.6) is 0 Å². The molecule has 2 N–H and O–H groups in total. The van der Waals surface area contributed by atoms with E-state index in [0.717, 1.165) is 23.2 Å². The SMILES string of the molecule is Cc1nnc(CNC(=NCc2cccc(N(C)C)n2)NC(C)c2ccccc2)n1C. The van der Waals surface area contributed by atoms with E-state index in [0.29, 0.717) is 19.0 Å². The van der Waals surface area contributed by atoms with Gasteiger partial charge < -0.3 is 20.1 Å². The fraction of sp³-hybridized carbons (Fsp3) is 0.364. The van der Waals surface area contributed by atoms with Crippen molar-refractivity contribution < 1.29 is 0 Å². The first-order valence-corrected chi connectivity index (χ1v) is 10.0. The van der Waals surface area contributed by atoms with Crippen LogP contribution in [-0.2, 0) is 20.1 Å². The highest BCUT2D eigenvalue weighted by Crippen LogP contribution is 2.12. The Morgan fingerprint density at radius 2 is 1.87 bits per heavy atom. The van der Waals surface area contributed by atoms with Gasteiger partial charge in [-0.15, -0.1) is 10.2 Å². The quantitative estimate of drug-likeness (QED) is 0.464. The summed E-state index contributed by atoms with van der Waals surface area (Å²) in [6.07, 6.45) is 0. The van der Waals surface area contributed by atoms with Gasteiger partial charge >= 0.3 is 0 Å². The first-order chi connectivity index (χ1) is 14.4. The number of aromatic nitrogens is 4. The number of rotatable bonds is 7. The molecule has 1 atom stereocenters. The van der Waals surface area contributed by atoms with E-state index in [9.17, 15) is 0 Å². The fourth-order valence-electron chi connectivity index (χ4n) is 2.91. The fourth-order valence-corrected chi connectivity index (χ4v) is 2.91. The highest BCUT2D eigenvalue weighted by Gasteiger charge is 2.10. The number of guanidine groups is 1. The molecule has 1 unspecified atom stereocenters. The number of hydrogen-bond acceptors (Lipinski definition) is 5. The van der Waals surface area contributed by atoms with Crippen LogP contribution < -0.4 is 15.5 Å². The molecule has 3 aromatic rings. The molecule has 3 rings (SSSR count). The summed E-state index contributed by atoms with van der Waals surface area (Å²) in [6.45, 7) is 5.04. The molecule has 0 spiro atoms. The summed E-state index contributed by atoms with van der Waals surface area (Å²) >= 11 is 0. The molecule has 0 aliphatic heterocycles. The summed E-state index contributed by atoms with van der Waals surface area (Å²) in [7, 11) is 5.92. The molecule has 0 amide bonds. The lowest BCUT2D eigenvalue weighted by molar-refractivity contribution is 0.663. The Balaban J connectivity index is 1.76. The highest BCUT2D eigenvalue weighted by molar-refractivity contribution is 5.80. The third-order valence-electron chi connectivity index (χ3n) is 4.90. The minimum atomic E-state index is 0.0970. The largest absolute Gasteiger partial charge is 0.363 e. The lowest BCUT2D eigenvalue weighted by Gasteiger charge is -2.19. The third-order valence-corrected chi connectivity index (χ3v) is 4.90. The van der Waals surface area contributed by atoms with Gasteiger partial charge in [-0.25, -0.2) is 9.98 Å². The van der Waals surface area contributed by atoms with E-state index in [1.165, 1.54) is 5.56 Å². The van der Waals surface area contributed by atoms with Gasteiger partial charge in [0.25, 0.3) is 0 Å². The Morgan fingerprint density at radius 1 is 1.10 bits per heavy atom. The summed E-state index contributed by atoms with van der Waals surface area (Å²) in [5.74, 6) is 3.34. The lowest BCUT2D eigenvalue weighted by Crippen LogP contribution is -2.39. The van der Waals surface area contributed by atoms with E-state index in [1.807, 2.05) is 73.9 Å². The molecular formula is C22H30N8. The molecule has 8 heteroatoms. The van der Waals surface area contributed by atoms with Gasteiger partial charge in [0.2, 0.25) is 0 Å². The number of benzene rings is 1. The molecule has 1 aromatic carbocycles. The molecule has 0 saturated carbocycles. The molecule has 30 heavy (non-hydrogen) atoms. The Labute approximate surface area is 178 Å². The maximum atomic E-state index is 4.77. The minimum absolute atomic E-state index is 0.0970. The van der Waals surface area contributed by atoms with Gasteiger partial charge in [-0.05, 0) is 31.5 Å². The van der Waals surface area contributed by atoms with Gasteiger partial charge in [-0.1, -0.05) is 36.4 Å². The normalized spacial score (nSPS) is 12.5. The van der Waals surface area contributed by atoms with Crippen molar-refractivity contribution in [3.63, 3.8) is 0 Å². The van der Waals surface area contributed by atoms with Crippen molar-refractivity contribution >= 4 is 11.8 Å². The van der Waals surface area contributed by atoms with Crippen LogP contribution in [0.1, 0.15) is 35.9 Å². The predicted octanol–water partition coefficient (Wildman–Crippen LogP) is 2.58. The van der Waals surface area contributed by atoms with Gasteiger partial charge in [0, 0.05) is 21.1 Å². The molecule has 0 aliphatic carbocycles. The van der Waals surface area contributed by atoms with Gasteiger partial charge in [0.1, 0.15) is 11.6 Å². The van der Waals surface area contributed by atoms with Crippen LogP contribution in [0, 0.1) is 6.92 Å². The van der Waals surface area contributed by atoms with Crippen molar-refractivity contribution in [2.75, 3.05) is 19.0 Å². The van der Waals surface area contributed by atoms with Crippen LogP contribution in [0.2, 0.25) is 0 Å². The van der Waals surface area contributed by atoms with Crippen molar-refractivity contribution in [1.29, 1.82) is 0 Å². The number of nitrogens with zero attached hydrogens (tertiary/aromatic N) is 6. The lowest BCUT2D eigenvalue weighted by atomic mass is 10.1. The first kappa shape index (κ1) is 21.3. The molecule has 158 valence electrons. The highest BCUT2D eigenvalue weighted by atomic mass is 15.3. The topological polar surface area (TPSA) is 83.3 Å². The summed E-state index contributed by atoms with van der Waals surface area (Å²) in [6, 6.07) is 16.4. The van der Waals surface area contributed by atoms with Crippen LogP contribution in [0.4, 0.5) is 5.82 Å². The molecule has 0 radical (unpaired) electrons. The Hall–Kier alpha value is -3.42. The van der Waals surface area contributed by atoms with Crippen molar-refractivity contribution in [3.05, 3.63) is 71.4 Å². The number of nitrogens with one attached hydrogen (secondary N) is 2. The standard InChI is InChI=1S/C22H30N8/c1-16(18-10-7-6-8-11-18)25-22(24-15-21-28-27-17(2)30(21)5)23-14-19-12-9-13-20(26-19)29(3)4/h6-13,16H,14-15H2,1-5H3,(H2,23,24,25). The summed E-state index contributed by atoms with van der Waals surface area (Å²) in [5, 5.41) is 15.2. The van der Waals surface area contributed by atoms with E-state index in [-0.39, 0.29) is 6.04 Å². The number of anilines is 1. The van der Waals surface area contributed by atoms with Gasteiger partial charge in [0.05, 0.1) is 24.8 Å². The van der Waals surface area contributed by atoms with Crippen LogP contribution in [-0.4, -0.2) is 39.8 Å². The van der Waals surface area contributed by atoms with Crippen LogP contribution >= 0.6 is 0 Å². The monoisotopic (exact) mass is 406 g/mol. The summed E-state index contributed by atoms with van der Waals surface area (Å²) < 4.78 is 1.97. The van der Waals surface area contributed by atoms with Gasteiger partial charge in [-0.2, -0.15) is 0 Å². The maximum absolute atomic E-state index is 4.77. The predicted molar refractivity (Wildman–Crippen MR) is 120 cm³/mol. The summed E-state index contributed by atoms with van der Waals surface area (Å²) in [4.78, 5) is 11.4. The second-order valence-corrected chi connectivity index (χ2v) is 7.40. The average Bonchev–Trinajstić information content (AvgIpc) is 3.08. The molecule has 0 aliphatic rings. The van der Waals surface area contributed by atoms with Gasteiger partial charge in [-0.3, -0.25) is 0 Å². The van der Waals surface area contributed by atoms with E-state index in [2.05, 4.69) is 44.9 Å². The number of aliphatic imine (C=N–C) groups is 1. The third kappa shape index (κ3) is 5.56. The molecule has 0 bridgehead atoms. The van der Waals surface area contributed by atoms with Crippen molar-refractivity contribution in [1.82, 2.24) is 30.4 Å². The summed E-state index contributed by atoms with van der Waals surface area (Å²) in [5.41, 5.74) is 2.10. The smallest absolute Gasteiger partial charge is 0.192 e. The van der Waals surface area contributed by atoms with Crippen LogP contribution in [0.3, 0.4) is 0 Å². The van der Waals surface area contributed by atoms with E-state index in [4.69, 9.17) is 4.99 Å². The van der Waals surface area contributed by atoms with Crippen molar-refractivity contribution in [2.24, 2.45) is 12.0 Å². The molecule has 0 saturated heterocycles. The number of hydrogen-bond donors (Lipinski definition) is 2. The van der Waals surface area contributed by atoms with Crippen molar-refractivity contribution in [3.8, 4) is 0 Å². The van der Waals surface area contributed by atoms with Gasteiger partial charge in [0.15, 0.2) is 11.8 Å². The molecule has 0 fully saturated rings. The Bertz CT molecular complexity index is 978. The van der Waals surface area contributed by atoms with E-state index < -0.39 is 0 Å². The molecule has 2 heterocycles. The van der Waals surface area contributed by atoms with Crippen LogP contribution in [0.25, 0.3) is 0 Å². The Kier molecular flexibility index (Phi) is 7.00. The van der Waals surface area contributed by atoms with E-state index in [1.54, 1.807) is 0 Å². The molecule has 2 aromatic heterocycles.